The number of furan rings is 4. The van der Waals surface area contributed by atoms with Crippen molar-refractivity contribution in [3.05, 3.63) is 354 Å². The highest BCUT2D eigenvalue weighted by molar-refractivity contribution is 6.16. The van der Waals surface area contributed by atoms with E-state index in [0.29, 0.717) is 11.8 Å². The molecule has 5 aliphatic rings. The van der Waals surface area contributed by atoms with Crippen LogP contribution >= 0.6 is 0 Å². The average Bonchev–Trinajstić information content (AvgIpc) is 1.55. The van der Waals surface area contributed by atoms with Crippen LogP contribution in [0.25, 0.3) is 177 Å². The third-order valence-electron chi connectivity index (χ3n) is 33.6. The molecule has 0 bridgehead atoms. The smallest absolute Gasteiger partial charge is 0.216 e. The van der Waals surface area contributed by atoms with E-state index in [9.17, 15) is 0 Å². The van der Waals surface area contributed by atoms with Crippen LogP contribution in [0.3, 0.4) is 0 Å². The fraction of sp³-hybridized carbons (Fsp3) is 0.281. The zero-order chi connectivity index (χ0) is 94.8. The van der Waals surface area contributed by atoms with Gasteiger partial charge in [-0.2, -0.15) is 0 Å². The predicted molar refractivity (Wildman–Crippen MR) is 563 cm³/mol. The van der Waals surface area contributed by atoms with Crippen LogP contribution in [0, 0.1) is 94.9 Å². The highest BCUT2D eigenvalue weighted by Gasteiger charge is 2.50. The van der Waals surface area contributed by atoms with Crippen molar-refractivity contribution < 1.29 is 35.9 Å². The third-order valence-corrected chi connectivity index (χ3v) is 33.6. The SMILES string of the molecule is CCC1(CC)c2ccccc2-c2cc3c(cc21)oc1c(-c2cc(C)c(C)c[n+]2C)c(C)ccc13.Cc1cc(-c2c(C)ccc3c2oc2cc4c(cc23)-c2ccccc2C4(C(C)C)C(C)C)[n+](C)cc1C.Cc1cc(-c2c(C)ccc3c2oc2cc4c(cc23)-c2ccccc2C4(C)C)[n+](C)cc1C.Cc1cc(-c2c(C)ccc3c2oc2cc4c(cc23)C2(CCCC2)c2ccccc2-4)[n+](C)cc1C. The second kappa shape index (κ2) is 32.1. The fourth-order valence-electron chi connectivity index (χ4n) is 25.9. The van der Waals surface area contributed by atoms with Gasteiger partial charge in [-0.1, -0.05) is 214 Å². The first kappa shape index (κ1) is 87.8. The lowest BCUT2D eigenvalue weighted by Gasteiger charge is -2.40. The van der Waals surface area contributed by atoms with Gasteiger partial charge in [-0.15, -0.1) is 0 Å². The van der Waals surface area contributed by atoms with Crippen LogP contribution < -0.4 is 18.3 Å². The van der Waals surface area contributed by atoms with Crippen molar-refractivity contribution in [2.75, 3.05) is 0 Å². The van der Waals surface area contributed by atoms with Crippen molar-refractivity contribution in [2.24, 2.45) is 40.0 Å². The van der Waals surface area contributed by atoms with Crippen LogP contribution in [0.15, 0.2) is 261 Å². The highest BCUT2D eigenvalue weighted by Crippen LogP contribution is 2.62. The van der Waals surface area contributed by atoms with Crippen molar-refractivity contribution in [1.82, 2.24) is 0 Å². The molecule has 1 spiro atoms. The van der Waals surface area contributed by atoms with E-state index in [1.165, 1.54) is 270 Å². The molecule has 0 N–H and O–H groups in total. The van der Waals surface area contributed by atoms with Gasteiger partial charge < -0.3 is 17.7 Å². The van der Waals surface area contributed by atoms with E-state index in [2.05, 4.69) is 428 Å². The number of pyridine rings is 4. The zero-order valence-electron chi connectivity index (χ0n) is 83.9. The minimum atomic E-state index is -0.0294. The van der Waals surface area contributed by atoms with E-state index in [4.69, 9.17) is 17.7 Å². The molecule has 0 radical (unpaired) electrons. The summed E-state index contributed by atoms with van der Waals surface area (Å²) in [6.45, 7) is 44.9. The van der Waals surface area contributed by atoms with Crippen molar-refractivity contribution in [3.8, 4) is 89.5 Å². The van der Waals surface area contributed by atoms with Gasteiger partial charge in [0.25, 0.3) is 0 Å². The van der Waals surface area contributed by atoms with E-state index in [-0.39, 0.29) is 21.7 Å². The first-order chi connectivity index (χ1) is 65.3. The Balaban J connectivity index is 0.000000105. The number of hydrogen-bond donors (Lipinski definition) is 0. The number of benzene rings is 12. The molecule has 8 heteroatoms. The maximum atomic E-state index is 6.81. The van der Waals surface area contributed by atoms with Crippen molar-refractivity contribution >= 4 is 87.8 Å². The highest BCUT2D eigenvalue weighted by atomic mass is 16.3. The molecule has 12 aromatic carbocycles. The number of aryl methyl sites for hydroxylation is 16. The molecule has 1 saturated carbocycles. The Hall–Kier alpha value is -13.6. The van der Waals surface area contributed by atoms with Crippen molar-refractivity contribution in [3.63, 3.8) is 0 Å². The van der Waals surface area contributed by atoms with Crippen molar-refractivity contribution in [2.45, 2.75) is 199 Å². The predicted octanol–water partition coefficient (Wildman–Crippen LogP) is 31.8. The molecule has 0 unspecified atom stereocenters. The first-order valence-electron chi connectivity index (χ1n) is 49.6. The maximum Gasteiger partial charge on any atom is 0.216 e. The summed E-state index contributed by atoms with van der Waals surface area (Å²) in [7, 11) is 8.52. The van der Waals surface area contributed by atoms with Gasteiger partial charge in [0.2, 0.25) is 22.8 Å². The summed E-state index contributed by atoms with van der Waals surface area (Å²) < 4.78 is 35.8. The molecule has 8 nitrogen and oxygen atoms in total. The van der Waals surface area contributed by atoms with Crippen LogP contribution in [0.5, 0.6) is 0 Å². The summed E-state index contributed by atoms with van der Waals surface area (Å²) in [6.07, 6.45) is 16.2. The normalized spacial score (nSPS) is 14.6. The molecule has 678 valence electrons. The minimum absolute atomic E-state index is 0.0294. The van der Waals surface area contributed by atoms with Gasteiger partial charge in [-0.25, -0.2) is 18.3 Å². The zero-order valence-corrected chi connectivity index (χ0v) is 83.9. The second-order valence-corrected chi connectivity index (χ2v) is 42.1. The Kier molecular flexibility index (Phi) is 20.7. The van der Waals surface area contributed by atoms with Gasteiger partial charge in [0.1, 0.15) is 72.9 Å². The van der Waals surface area contributed by atoms with E-state index in [1.807, 2.05) is 0 Å². The molecule has 136 heavy (non-hydrogen) atoms. The monoisotopic (exact) mass is 1780 g/mol. The number of fused-ring (bicyclic) bond motifs is 26. The Morgan fingerprint density at radius 3 is 0.941 bits per heavy atom. The van der Waals surface area contributed by atoms with Gasteiger partial charge in [0.15, 0.2) is 24.8 Å². The summed E-state index contributed by atoms with van der Waals surface area (Å²) in [5.41, 5.74) is 55.4. The van der Waals surface area contributed by atoms with Crippen LogP contribution in [0.4, 0.5) is 0 Å². The van der Waals surface area contributed by atoms with Crippen LogP contribution in [0.1, 0.15) is 205 Å². The molecule has 0 aliphatic heterocycles. The fourth-order valence-corrected chi connectivity index (χ4v) is 25.9. The molecule has 25 rings (SSSR count). The number of hydrogen-bond acceptors (Lipinski definition) is 4. The van der Waals surface area contributed by atoms with Crippen molar-refractivity contribution in [1.29, 1.82) is 0 Å². The summed E-state index contributed by atoms with van der Waals surface area (Å²) >= 11 is 0. The molecule has 5 aliphatic carbocycles. The van der Waals surface area contributed by atoms with E-state index in [1.54, 1.807) is 0 Å². The lowest BCUT2D eigenvalue weighted by molar-refractivity contribution is -0.660. The molecule has 0 saturated heterocycles. The Bertz CT molecular complexity index is 8420. The summed E-state index contributed by atoms with van der Waals surface area (Å²) in [4.78, 5) is 0. The maximum absolute atomic E-state index is 6.81. The topological polar surface area (TPSA) is 68.1 Å². The van der Waals surface area contributed by atoms with E-state index in [0.717, 1.165) is 57.5 Å². The van der Waals surface area contributed by atoms with Gasteiger partial charge in [-0.3, -0.25) is 0 Å². The standard InChI is InChI=1S/C34H36NO.C32H30NO.C32H32NO.C30H28NO/c1-19(2)34(20(3)4)28-12-10-9-11-24(28)26-16-27-25-14-13-21(5)32(33(25)36-31(27)17-29(26)34)30-15-22(6)23(7)18-35(30)8;1-19-11-12-23-25-16-27-24(22-9-5-6-10-26(22)32(27)13-7-8-14-32)17-29(25)34-31(23)30(19)28-15-20(2)21(3)18-33(28)4;1-7-32(8-2)26-12-10-9-11-22(26)24-16-25-23-14-13-19(3)30(31(23)34-29(25)17-27(24)32)28-15-20(4)21(5)18-33(28)6;1-17-11-12-21-23-14-22-20-9-7-8-10-24(20)30(4,5)25(22)15-27(23)32-29(21)28(17)26-13-18(2)19(3)16-31(26)6/h9-20H,1-8H3;5-6,9-12,15-18H,7-8,13-14H2,1-4H3;9-18H,7-8H2,1-6H3;7-16H,1-6H3/q4*+1. The molecule has 8 aromatic heterocycles. The molecule has 20 aromatic rings. The largest absolute Gasteiger partial charge is 0.455 e. The number of nitrogens with zero attached hydrogens (tertiary/aromatic N) is 4. The quantitative estimate of drug-likeness (QED) is 0.142. The summed E-state index contributed by atoms with van der Waals surface area (Å²) in [5, 5.41) is 9.65. The third kappa shape index (κ3) is 12.9. The Labute approximate surface area is 801 Å². The van der Waals surface area contributed by atoms with Gasteiger partial charge in [-0.05, 0) is 303 Å². The average molecular weight is 1780 g/mol. The lowest BCUT2D eigenvalue weighted by Crippen LogP contribution is -2.37. The Morgan fingerprint density at radius 2 is 0.559 bits per heavy atom. The molecule has 1 fully saturated rings. The lowest BCUT2D eigenvalue weighted by atomic mass is 9.63. The van der Waals surface area contributed by atoms with Gasteiger partial charge in [0, 0.05) is 111 Å². The Morgan fingerprint density at radius 1 is 0.265 bits per heavy atom. The van der Waals surface area contributed by atoms with Crippen LogP contribution in [-0.4, -0.2) is 0 Å². The minimum Gasteiger partial charge on any atom is -0.455 e. The molecule has 8 heterocycles. The molecular weight excluding hydrogens is 1660 g/mol. The second-order valence-electron chi connectivity index (χ2n) is 42.1. The molecule has 0 atom stereocenters. The first-order valence-corrected chi connectivity index (χ1v) is 49.6. The van der Waals surface area contributed by atoms with E-state index >= 15 is 0 Å². The molecular formula is C128H126N4O4+4. The van der Waals surface area contributed by atoms with E-state index < -0.39 is 0 Å². The number of rotatable bonds is 8. The van der Waals surface area contributed by atoms with Gasteiger partial charge >= 0.3 is 0 Å². The van der Waals surface area contributed by atoms with Crippen LogP contribution in [0.2, 0.25) is 0 Å². The number of aromatic nitrogens is 4. The summed E-state index contributed by atoms with van der Waals surface area (Å²) in [6, 6.07) is 81.9. The molecule has 0 amide bonds. The van der Waals surface area contributed by atoms with Gasteiger partial charge in [0.05, 0.1) is 22.3 Å². The van der Waals surface area contributed by atoms with Crippen LogP contribution in [-0.2, 0) is 49.9 Å². The summed E-state index contributed by atoms with van der Waals surface area (Å²) in [5.74, 6) is 0.934.